The second-order valence-corrected chi connectivity index (χ2v) is 10.3. The molecule has 1 rings (SSSR count). The highest BCUT2D eigenvalue weighted by Gasteiger charge is 2.20. The van der Waals surface area contributed by atoms with Gasteiger partial charge in [0.1, 0.15) is 0 Å². The molecule has 176 valence electrons. The Balaban J connectivity index is -0.000000163. The summed E-state index contributed by atoms with van der Waals surface area (Å²) in [6, 6.07) is 12.0. The third-order valence-electron chi connectivity index (χ3n) is 2.89. The molecule has 0 amide bonds. The molecule has 0 atom stereocenters. The van der Waals surface area contributed by atoms with Gasteiger partial charge in [-0.2, -0.15) is 8.42 Å². The van der Waals surface area contributed by atoms with E-state index in [0.29, 0.717) is 24.0 Å². The van der Waals surface area contributed by atoms with Crippen molar-refractivity contribution >= 4 is 10.1 Å². The first kappa shape index (κ1) is 35.5. The fraction of sp³-hybridized carbons (Fsp3) is 0.739. The molecule has 0 N–H and O–H groups in total. The molecule has 0 aliphatic heterocycles. The van der Waals surface area contributed by atoms with Crippen molar-refractivity contribution in [1.29, 1.82) is 0 Å². The van der Waals surface area contributed by atoms with Gasteiger partial charge in [-0.25, -0.2) is 0 Å². The summed E-state index contributed by atoms with van der Waals surface area (Å²) in [5, 5.41) is 0. The fourth-order valence-electron chi connectivity index (χ4n) is 2.46. The minimum Gasteiger partial charge on any atom is -0.382 e. The average Bonchev–Trinajstić information content (AvgIpc) is 2.54. The van der Waals surface area contributed by atoms with E-state index in [2.05, 4.69) is 45.7 Å². The monoisotopic (exact) mass is 436 g/mol. The van der Waals surface area contributed by atoms with Crippen molar-refractivity contribution in [2.45, 2.75) is 62.8 Å². The second kappa shape index (κ2) is 19.0. The zero-order valence-electron chi connectivity index (χ0n) is 18.4. The topological polar surface area (TPSA) is 61.8 Å². The van der Waals surface area contributed by atoms with Gasteiger partial charge in [0.05, 0.1) is 32.7 Å². The van der Waals surface area contributed by atoms with Gasteiger partial charge in [0.15, 0.2) is 0 Å². The van der Waals surface area contributed by atoms with Gasteiger partial charge in [-0.15, -0.1) is 0 Å². The molecule has 29 heavy (non-hydrogen) atoms. The lowest BCUT2D eigenvalue weighted by atomic mass is 9.78. The van der Waals surface area contributed by atoms with Crippen molar-refractivity contribution < 1.29 is 22.1 Å². The van der Waals surface area contributed by atoms with Gasteiger partial charge in [-0.1, -0.05) is 92.8 Å². The van der Waals surface area contributed by atoms with E-state index in [1.165, 1.54) is 6.42 Å². The Bertz CT molecular complexity index is 490. The zero-order valence-corrected chi connectivity index (χ0v) is 19.3. The predicted molar refractivity (Wildman–Crippen MR) is 127 cm³/mol. The summed E-state index contributed by atoms with van der Waals surface area (Å²) in [5.74, 6) is -0.118. The highest BCUT2D eigenvalue weighted by Crippen LogP contribution is 2.31. The van der Waals surface area contributed by atoms with Crippen LogP contribution in [0.1, 0.15) is 62.8 Å². The van der Waals surface area contributed by atoms with Crippen molar-refractivity contribution in [1.82, 2.24) is 0 Å². The summed E-state index contributed by atoms with van der Waals surface area (Å²) in [4.78, 5) is 0. The molecule has 1 aromatic carbocycles. The van der Waals surface area contributed by atoms with E-state index in [-0.39, 0.29) is 27.2 Å². The summed E-state index contributed by atoms with van der Waals surface area (Å²) >= 11 is 0. The maximum Gasteiger partial charge on any atom is 0.269 e. The number of rotatable bonds is 7. The van der Waals surface area contributed by atoms with Gasteiger partial charge in [-0.3, -0.25) is 4.18 Å². The largest absolute Gasteiger partial charge is 0.382 e. The quantitative estimate of drug-likeness (QED) is 0.384. The van der Waals surface area contributed by atoms with Gasteiger partial charge in [0.25, 0.3) is 10.1 Å². The molecule has 0 saturated carbocycles. The molecule has 0 saturated heterocycles. The van der Waals surface area contributed by atoms with E-state index in [1.54, 1.807) is 7.11 Å². The summed E-state index contributed by atoms with van der Waals surface area (Å²) in [7, 11) is -0.692. The Kier molecular flexibility index (Phi) is 23.3. The molecule has 0 unspecified atom stereocenters. The van der Waals surface area contributed by atoms with E-state index in [9.17, 15) is 8.42 Å². The molecular weight excluding hydrogens is 388 g/mol. The third-order valence-corrected chi connectivity index (χ3v) is 4.07. The maximum atomic E-state index is 10.7. The minimum atomic E-state index is -3.37. The molecule has 0 bridgehead atoms. The molecule has 0 aliphatic rings. The van der Waals surface area contributed by atoms with Crippen LogP contribution in [0, 0.1) is 10.8 Å². The summed E-state index contributed by atoms with van der Waals surface area (Å²) in [6.45, 7) is 14.7. The van der Waals surface area contributed by atoms with Crippen LogP contribution in [-0.2, 0) is 23.8 Å². The van der Waals surface area contributed by atoms with Crippen molar-refractivity contribution in [3.63, 3.8) is 0 Å². The standard InChI is InChI=1S/C9H20.C6H14O5S.C6H6.2CH4/c1-8(2,3)7-9(4,5)6;1-9-3-4-11-5-6-12(7,8)10-2;1-2-4-6-5-3-1;;/h7H2,1-6H3;3-6H2,1-2H3;1-6H;2*1H4. The molecule has 0 aromatic heterocycles. The van der Waals surface area contributed by atoms with Gasteiger partial charge in [-0.05, 0) is 17.3 Å². The molecule has 0 spiro atoms. The number of benzene rings is 1. The van der Waals surface area contributed by atoms with Crippen molar-refractivity contribution in [3.05, 3.63) is 36.4 Å². The number of methoxy groups -OCH3 is 1. The Labute approximate surface area is 182 Å². The first-order valence-electron chi connectivity index (χ1n) is 9.18. The van der Waals surface area contributed by atoms with E-state index in [0.717, 1.165) is 7.11 Å². The van der Waals surface area contributed by atoms with Crippen molar-refractivity contribution in [2.75, 3.05) is 39.8 Å². The normalized spacial score (nSPS) is 10.9. The molecule has 0 heterocycles. The first-order valence-corrected chi connectivity index (χ1v) is 10.8. The number of hydrogen-bond donors (Lipinski definition) is 0. The predicted octanol–water partition coefficient (Wildman–Crippen LogP) is 6.05. The van der Waals surface area contributed by atoms with Crippen LogP contribution in [-0.4, -0.2) is 48.2 Å². The fourth-order valence-corrected chi connectivity index (χ4v) is 2.95. The molecule has 0 aliphatic carbocycles. The van der Waals surface area contributed by atoms with Crippen LogP contribution >= 0.6 is 0 Å². The van der Waals surface area contributed by atoms with Gasteiger partial charge >= 0.3 is 0 Å². The van der Waals surface area contributed by atoms with Crippen molar-refractivity contribution in [3.8, 4) is 0 Å². The van der Waals surface area contributed by atoms with Crippen LogP contribution in [0.15, 0.2) is 36.4 Å². The molecule has 0 fully saturated rings. The molecular formula is C23H48O5S. The Hall–Kier alpha value is -0.950. The Morgan fingerprint density at radius 3 is 1.31 bits per heavy atom. The lowest BCUT2D eigenvalue weighted by Crippen LogP contribution is -2.16. The summed E-state index contributed by atoms with van der Waals surface area (Å²) < 4.78 is 35.2. The maximum absolute atomic E-state index is 10.7. The molecule has 1 aromatic rings. The van der Waals surface area contributed by atoms with Crippen LogP contribution in [0.5, 0.6) is 0 Å². The van der Waals surface area contributed by atoms with Gasteiger partial charge in [0, 0.05) is 7.11 Å². The second-order valence-electron chi connectivity index (χ2n) is 8.49. The van der Waals surface area contributed by atoms with Crippen LogP contribution in [0.3, 0.4) is 0 Å². The Morgan fingerprint density at radius 1 is 0.690 bits per heavy atom. The van der Waals surface area contributed by atoms with Gasteiger partial charge in [0.2, 0.25) is 0 Å². The van der Waals surface area contributed by atoms with Crippen molar-refractivity contribution in [2.24, 2.45) is 10.8 Å². The Morgan fingerprint density at radius 2 is 1.07 bits per heavy atom. The lowest BCUT2D eigenvalue weighted by molar-refractivity contribution is 0.0779. The first-order chi connectivity index (χ1) is 12.3. The third kappa shape index (κ3) is 34.9. The molecule has 0 radical (unpaired) electrons. The molecule has 5 nitrogen and oxygen atoms in total. The van der Waals surface area contributed by atoms with E-state index < -0.39 is 10.1 Å². The average molecular weight is 437 g/mol. The van der Waals surface area contributed by atoms with Crippen LogP contribution in [0.2, 0.25) is 0 Å². The highest BCUT2D eigenvalue weighted by atomic mass is 32.2. The van der Waals surface area contributed by atoms with E-state index in [4.69, 9.17) is 9.47 Å². The number of hydrogen-bond acceptors (Lipinski definition) is 5. The SMILES string of the molecule is C.C.CC(C)(C)CC(C)(C)C.COCCOCCS(=O)(=O)OC.c1ccccc1. The van der Waals surface area contributed by atoms with Crippen LogP contribution < -0.4 is 0 Å². The van der Waals surface area contributed by atoms with E-state index >= 15 is 0 Å². The highest BCUT2D eigenvalue weighted by molar-refractivity contribution is 7.86. The van der Waals surface area contributed by atoms with Crippen LogP contribution in [0.4, 0.5) is 0 Å². The van der Waals surface area contributed by atoms with E-state index in [1.807, 2.05) is 36.4 Å². The van der Waals surface area contributed by atoms with Crippen LogP contribution in [0.25, 0.3) is 0 Å². The molecule has 6 heteroatoms. The minimum absolute atomic E-state index is 0. The number of ether oxygens (including phenoxy) is 2. The van der Waals surface area contributed by atoms with Gasteiger partial charge < -0.3 is 9.47 Å². The summed E-state index contributed by atoms with van der Waals surface area (Å²) in [6.07, 6.45) is 1.29. The zero-order chi connectivity index (χ0) is 21.4. The lowest BCUT2D eigenvalue weighted by Gasteiger charge is -2.28. The smallest absolute Gasteiger partial charge is 0.269 e. The summed E-state index contributed by atoms with van der Waals surface area (Å²) in [5.41, 5.74) is 0.969.